The number of rotatable bonds is 3. The SMILES string of the molecule is O=C(COc1ccccc1)N1CCC2(O)CCCCC2C1. The van der Waals surface area contributed by atoms with Gasteiger partial charge in [-0.2, -0.15) is 0 Å². The second-order valence-corrected chi connectivity index (χ2v) is 6.24. The van der Waals surface area contributed by atoms with Crippen LogP contribution in [-0.4, -0.2) is 41.2 Å². The van der Waals surface area contributed by atoms with Crippen LogP contribution in [0.3, 0.4) is 0 Å². The van der Waals surface area contributed by atoms with Gasteiger partial charge in [0.1, 0.15) is 5.75 Å². The summed E-state index contributed by atoms with van der Waals surface area (Å²) in [5.74, 6) is 0.976. The quantitative estimate of drug-likeness (QED) is 0.928. The fourth-order valence-electron chi connectivity index (χ4n) is 3.55. The first kappa shape index (κ1) is 14.4. The molecule has 1 aromatic rings. The van der Waals surface area contributed by atoms with E-state index < -0.39 is 5.60 Å². The van der Waals surface area contributed by atoms with E-state index >= 15 is 0 Å². The van der Waals surface area contributed by atoms with Crippen molar-refractivity contribution >= 4 is 5.91 Å². The lowest BCUT2D eigenvalue weighted by atomic mass is 9.71. The average molecular weight is 289 g/mol. The van der Waals surface area contributed by atoms with Crippen LogP contribution in [0.1, 0.15) is 32.1 Å². The lowest BCUT2D eigenvalue weighted by Crippen LogP contribution is -2.55. The number of fused-ring (bicyclic) bond motifs is 1. The highest BCUT2D eigenvalue weighted by atomic mass is 16.5. The van der Waals surface area contributed by atoms with Crippen LogP contribution in [0.4, 0.5) is 0 Å². The molecule has 2 unspecified atom stereocenters. The molecule has 0 aromatic heterocycles. The molecular weight excluding hydrogens is 266 g/mol. The van der Waals surface area contributed by atoms with Gasteiger partial charge in [0.2, 0.25) is 0 Å². The minimum Gasteiger partial charge on any atom is -0.484 e. The summed E-state index contributed by atoms with van der Waals surface area (Å²) >= 11 is 0. The van der Waals surface area contributed by atoms with Gasteiger partial charge in [-0.25, -0.2) is 0 Å². The fourth-order valence-corrected chi connectivity index (χ4v) is 3.55. The number of ether oxygens (including phenoxy) is 1. The highest BCUT2D eigenvalue weighted by Crippen LogP contribution is 2.39. The van der Waals surface area contributed by atoms with Crippen molar-refractivity contribution in [1.82, 2.24) is 4.90 Å². The Kier molecular flexibility index (Phi) is 4.15. The first-order valence-corrected chi connectivity index (χ1v) is 7.85. The first-order chi connectivity index (χ1) is 10.2. The van der Waals surface area contributed by atoms with Crippen molar-refractivity contribution in [3.8, 4) is 5.75 Å². The van der Waals surface area contributed by atoms with Gasteiger partial charge in [0, 0.05) is 19.0 Å². The lowest BCUT2D eigenvalue weighted by molar-refractivity contribution is -0.145. The minimum atomic E-state index is -0.532. The summed E-state index contributed by atoms with van der Waals surface area (Å²) in [5, 5.41) is 10.6. The van der Waals surface area contributed by atoms with E-state index in [0.717, 1.165) is 31.4 Å². The standard InChI is InChI=1S/C17H23NO3/c19-16(13-21-15-7-2-1-3-8-15)18-11-10-17(20)9-5-4-6-14(17)12-18/h1-3,7-8,14,20H,4-6,9-13H2. The molecule has 4 nitrogen and oxygen atoms in total. The molecule has 1 saturated heterocycles. The highest BCUT2D eigenvalue weighted by molar-refractivity contribution is 5.78. The van der Waals surface area contributed by atoms with Crippen LogP contribution in [0, 0.1) is 5.92 Å². The van der Waals surface area contributed by atoms with Crippen LogP contribution in [-0.2, 0) is 4.79 Å². The molecule has 0 spiro atoms. The molecule has 0 radical (unpaired) electrons. The van der Waals surface area contributed by atoms with Crippen LogP contribution in [0.2, 0.25) is 0 Å². The van der Waals surface area contributed by atoms with Crippen molar-refractivity contribution in [1.29, 1.82) is 0 Å². The van der Waals surface area contributed by atoms with Crippen LogP contribution in [0.25, 0.3) is 0 Å². The number of likely N-dealkylation sites (tertiary alicyclic amines) is 1. The third-order valence-electron chi connectivity index (χ3n) is 4.89. The summed E-state index contributed by atoms with van der Waals surface area (Å²) in [4.78, 5) is 14.1. The van der Waals surface area contributed by atoms with Gasteiger partial charge in [0.15, 0.2) is 6.61 Å². The predicted octanol–water partition coefficient (Wildman–Crippen LogP) is 2.22. The Bertz CT molecular complexity index is 490. The normalized spacial score (nSPS) is 28.8. The molecule has 1 aromatic carbocycles. The number of carbonyl (C=O) groups is 1. The van der Waals surface area contributed by atoms with Gasteiger partial charge in [-0.3, -0.25) is 4.79 Å². The summed E-state index contributed by atoms with van der Waals surface area (Å²) in [6.07, 6.45) is 4.89. The summed E-state index contributed by atoms with van der Waals surface area (Å²) < 4.78 is 5.53. The summed E-state index contributed by atoms with van der Waals surface area (Å²) in [6.45, 7) is 1.40. The molecule has 1 aliphatic carbocycles. The molecule has 21 heavy (non-hydrogen) atoms. The summed E-state index contributed by atoms with van der Waals surface area (Å²) in [5.41, 5.74) is -0.532. The number of benzene rings is 1. The van der Waals surface area contributed by atoms with Crippen molar-refractivity contribution in [3.05, 3.63) is 30.3 Å². The second-order valence-electron chi connectivity index (χ2n) is 6.24. The molecule has 2 aliphatic rings. The zero-order valence-electron chi connectivity index (χ0n) is 12.3. The second kappa shape index (κ2) is 6.06. The van der Waals surface area contributed by atoms with Crippen molar-refractivity contribution < 1.29 is 14.6 Å². The highest BCUT2D eigenvalue weighted by Gasteiger charge is 2.43. The Morgan fingerprint density at radius 3 is 2.90 bits per heavy atom. The van der Waals surface area contributed by atoms with Crippen molar-refractivity contribution in [2.24, 2.45) is 5.92 Å². The van der Waals surface area contributed by atoms with E-state index in [2.05, 4.69) is 0 Å². The molecule has 4 heteroatoms. The number of hydrogen-bond donors (Lipinski definition) is 1. The van der Waals surface area contributed by atoms with E-state index in [1.807, 2.05) is 35.2 Å². The van der Waals surface area contributed by atoms with Gasteiger partial charge < -0.3 is 14.7 Å². The molecule has 2 atom stereocenters. The van der Waals surface area contributed by atoms with Crippen molar-refractivity contribution in [2.45, 2.75) is 37.7 Å². The third kappa shape index (κ3) is 3.21. The molecule has 1 N–H and O–H groups in total. The van der Waals surface area contributed by atoms with E-state index in [0.29, 0.717) is 19.5 Å². The van der Waals surface area contributed by atoms with E-state index in [4.69, 9.17) is 4.74 Å². The topological polar surface area (TPSA) is 49.8 Å². The number of para-hydroxylation sites is 1. The zero-order valence-corrected chi connectivity index (χ0v) is 12.3. The third-order valence-corrected chi connectivity index (χ3v) is 4.89. The molecule has 1 aliphatic heterocycles. The maximum Gasteiger partial charge on any atom is 0.260 e. The Morgan fingerprint density at radius 1 is 1.29 bits per heavy atom. The van der Waals surface area contributed by atoms with Crippen LogP contribution < -0.4 is 4.74 Å². The van der Waals surface area contributed by atoms with Crippen LogP contribution in [0.5, 0.6) is 5.75 Å². The van der Waals surface area contributed by atoms with Crippen molar-refractivity contribution in [3.63, 3.8) is 0 Å². The van der Waals surface area contributed by atoms with E-state index in [1.54, 1.807) is 0 Å². The number of carbonyl (C=O) groups excluding carboxylic acids is 1. The Labute approximate surface area is 125 Å². The number of aliphatic hydroxyl groups is 1. The van der Waals surface area contributed by atoms with Gasteiger partial charge >= 0.3 is 0 Å². The monoisotopic (exact) mass is 289 g/mol. The molecule has 1 saturated carbocycles. The maximum atomic E-state index is 12.3. The number of amides is 1. The average Bonchev–Trinajstić information content (AvgIpc) is 2.52. The van der Waals surface area contributed by atoms with Gasteiger partial charge in [-0.05, 0) is 31.4 Å². The first-order valence-electron chi connectivity index (χ1n) is 7.85. The summed E-state index contributed by atoms with van der Waals surface area (Å²) in [7, 11) is 0. The molecule has 3 rings (SSSR count). The zero-order chi connectivity index (χ0) is 14.7. The molecule has 2 fully saturated rings. The van der Waals surface area contributed by atoms with Crippen LogP contribution in [0.15, 0.2) is 30.3 Å². The van der Waals surface area contributed by atoms with Gasteiger partial charge in [-0.15, -0.1) is 0 Å². The van der Waals surface area contributed by atoms with E-state index in [1.165, 1.54) is 0 Å². The van der Waals surface area contributed by atoms with Gasteiger partial charge in [0.25, 0.3) is 5.91 Å². The van der Waals surface area contributed by atoms with E-state index in [-0.39, 0.29) is 18.4 Å². The minimum absolute atomic E-state index is 0.0199. The lowest BCUT2D eigenvalue weighted by Gasteiger charge is -2.47. The van der Waals surface area contributed by atoms with E-state index in [9.17, 15) is 9.90 Å². The predicted molar refractivity (Wildman–Crippen MR) is 80.0 cm³/mol. The molecule has 1 heterocycles. The molecule has 114 valence electrons. The molecule has 1 amide bonds. The Balaban J connectivity index is 1.54. The number of piperidine rings is 1. The van der Waals surface area contributed by atoms with Crippen molar-refractivity contribution in [2.75, 3.05) is 19.7 Å². The molecular formula is C17H23NO3. The maximum absolute atomic E-state index is 12.3. The molecule has 0 bridgehead atoms. The Hall–Kier alpha value is -1.55. The largest absolute Gasteiger partial charge is 0.484 e. The fraction of sp³-hybridized carbons (Fsp3) is 0.588. The van der Waals surface area contributed by atoms with Crippen LogP contribution >= 0.6 is 0 Å². The Morgan fingerprint density at radius 2 is 2.10 bits per heavy atom. The van der Waals surface area contributed by atoms with Gasteiger partial charge in [-0.1, -0.05) is 31.0 Å². The van der Waals surface area contributed by atoms with Gasteiger partial charge in [0.05, 0.1) is 5.60 Å². The number of nitrogens with zero attached hydrogens (tertiary/aromatic N) is 1. The smallest absolute Gasteiger partial charge is 0.260 e. The summed E-state index contributed by atoms with van der Waals surface area (Å²) in [6, 6.07) is 9.40. The number of hydrogen-bond acceptors (Lipinski definition) is 3.